The monoisotopic (exact) mass is 381 g/mol. The van der Waals surface area contributed by atoms with Crippen LogP contribution in [0.3, 0.4) is 0 Å². The summed E-state index contributed by atoms with van der Waals surface area (Å²) in [6, 6.07) is 14.6. The summed E-state index contributed by atoms with van der Waals surface area (Å²) in [6.07, 6.45) is 0. The zero-order valence-electron chi connectivity index (χ0n) is 16.5. The van der Waals surface area contributed by atoms with E-state index in [1.165, 1.54) is 0 Å². The molecule has 0 spiro atoms. The minimum atomic E-state index is -0.239. The molecule has 0 atom stereocenters. The van der Waals surface area contributed by atoms with Gasteiger partial charge in [0, 0.05) is 37.4 Å². The maximum absolute atomic E-state index is 12.4. The van der Waals surface area contributed by atoms with E-state index < -0.39 is 0 Å². The zero-order valence-corrected chi connectivity index (χ0v) is 16.5. The molecule has 0 bridgehead atoms. The normalized spacial score (nSPS) is 15.2. The summed E-state index contributed by atoms with van der Waals surface area (Å²) >= 11 is 0. The first kappa shape index (κ1) is 20.0. The maximum Gasteiger partial charge on any atom is 0.262 e. The molecule has 2 aromatic carbocycles. The molecule has 148 valence electrons. The van der Waals surface area contributed by atoms with E-state index in [-0.39, 0.29) is 18.3 Å². The van der Waals surface area contributed by atoms with Crippen LogP contribution in [0.5, 0.6) is 5.75 Å². The summed E-state index contributed by atoms with van der Waals surface area (Å²) in [7, 11) is 2.10. The Morgan fingerprint density at radius 3 is 2.25 bits per heavy atom. The van der Waals surface area contributed by atoms with Crippen LogP contribution in [0.15, 0.2) is 48.5 Å². The number of carbonyl (C=O) groups is 2. The first-order valence-corrected chi connectivity index (χ1v) is 9.53. The third-order valence-electron chi connectivity index (χ3n) is 4.84. The van der Waals surface area contributed by atoms with Crippen LogP contribution in [0.25, 0.3) is 0 Å². The van der Waals surface area contributed by atoms with Crippen molar-refractivity contribution in [1.29, 1.82) is 0 Å². The lowest BCUT2D eigenvalue weighted by molar-refractivity contribution is -0.118. The number of ether oxygens (including phenoxy) is 1. The molecule has 3 rings (SSSR count). The molecule has 0 unspecified atom stereocenters. The van der Waals surface area contributed by atoms with E-state index in [0.717, 1.165) is 31.7 Å². The van der Waals surface area contributed by atoms with Gasteiger partial charge >= 0.3 is 0 Å². The van der Waals surface area contributed by atoms with Crippen LogP contribution >= 0.6 is 0 Å². The van der Waals surface area contributed by atoms with E-state index in [2.05, 4.69) is 22.2 Å². The van der Waals surface area contributed by atoms with Crippen molar-refractivity contribution in [1.82, 2.24) is 9.80 Å². The van der Waals surface area contributed by atoms with E-state index in [9.17, 15) is 9.59 Å². The SMILES string of the molecule is Cc1ccc(OCC(=O)Nc2ccc(C(=O)CN3CCN(C)CC3)cc2)cc1. The predicted octanol–water partition coefficient (Wildman–Crippen LogP) is 2.44. The average molecular weight is 381 g/mol. The molecular formula is C22H27N3O3. The predicted molar refractivity (Wildman–Crippen MR) is 110 cm³/mol. The lowest BCUT2D eigenvalue weighted by Crippen LogP contribution is -2.46. The lowest BCUT2D eigenvalue weighted by atomic mass is 10.1. The van der Waals surface area contributed by atoms with Gasteiger partial charge in [-0.3, -0.25) is 14.5 Å². The number of nitrogens with zero attached hydrogens (tertiary/aromatic N) is 2. The van der Waals surface area contributed by atoms with Crippen molar-refractivity contribution < 1.29 is 14.3 Å². The molecule has 1 amide bonds. The molecule has 6 nitrogen and oxygen atoms in total. The summed E-state index contributed by atoms with van der Waals surface area (Å²) in [5.41, 5.74) is 2.44. The molecule has 28 heavy (non-hydrogen) atoms. The highest BCUT2D eigenvalue weighted by atomic mass is 16.5. The van der Waals surface area contributed by atoms with E-state index in [0.29, 0.717) is 23.5 Å². The fourth-order valence-corrected chi connectivity index (χ4v) is 3.02. The molecule has 0 aromatic heterocycles. The van der Waals surface area contributed by atoms with E-state index >= 15 is 0 Å². The van der Waals surface area contributed by atoms with Crippen LogP contribution in [0.4, 0.5) is 5.69 Å². The van der Waals surface area contributed by atoms with Crippen molar-refractivity contribution in [2.24, 2.45) is 0 Å². The second-order valence-corrected chi connectivity index (χ2v) is 7.23. The van der Waals surface area contributed by atoms with Crippen LogP contribution in [0, 0.1) is 6.92 Å². The quantitative estimate of drug-likeness (QED) is 0.747. The van der Waals surface area contributed by atoms with Crippen molar-refractivity contribution in [2.45, 2.75) is 6.92 Å². The zero-order chi connectivity index (χ0) is 19.9. The highest BCUT2D eigenvalue weighted by Gasteiger charge is 2.17. The van der Waals surface area contributed by atoms with Crippen LogP contribution in [-0.4, -0.2) is 67.9 Å². The van der Waals surface area contributed by atoms with Gasteiger partial charge in [0.1, 0.15) is 5.75 Å². The topological polar surface area (TPSA) is 61.9 Å². The fraction of sp³-hybridized carbons (Fsp3) is 0.364. The van der Waals surface area contributed by atoms with E-state index in [1.54, 1.807) is 24.3 Å². The Labute approximate surface area is 166 Å². The molecule has 0 radical (unpaired) electrons. The Kier molecular flexibility index (Phi) is 6.79. The third-order valence-corrected chi connectivity index (χ3v) is 4.84. The summed E-state index contributed by atoms with van der Waals surface area (Å²) in [5.74, 6) is 0.521. The van der Waals surface area contributed by atoms with Crippen molar-refractivity contribution in [3.63, 3.8) is 0 Å². The Balaban J connectivity index is 1.46. The van der Waals surface area contributed by atoms with Crippen LogP contribution in [0.1, 0.15) is 15.9 Å². The Morgan fingerprint density at radius 1 is 0.964 bits per heavy atom. The number of aryl methyl sites for hydroxylation is 1. The molecule has 0 saturated carbocycles. The van der Waals surface area contributed by atoms with Gasteiger partial charge in [-0.25, -0.2) is 0 Å². The Bertz CT molecular complexity index is 795. The first-order valence-electron chi connectivity index (χ1n) is 9.53. The summed E-state index contributed by atoms with van der Waals surface area (Å²) < 4.78 is 5.47. The molecule has 1 saturated heterocycles. The minimum absolute atomic E-state index is 0.0624. The number of nitrogens with one attached hydrogen (secondary N) is 1. The number of piperazine rings is 1. The van der Waals surface area contributed by atoms with Crippen molar-refractivity contribution >= 4 is 17.4 Å². The molecule has 1 aliphatic rings. The van der Waals surface area contributed by atoms with Gasteiger partial charge in [0.25, 0.3) is 5.91 Å². The number of anilines is 1. The van der Waals surface area contributed by atoms with Crippen LogP contribution in [-0.2, 0) is 4.79 Å². The van der Waals surface area contributed by atoms with Crippen molar-refractivity contribution in [3.05, 3.63) is 59.7 Å². The molecule has 1 aliphatic heterocycles. The number of benzene rings is 2. The second kappa shape index (κ2) is 9.48. The van der Waals surface area contributed by atoms with Gasteiger partial charge in [0.05, 0.1) is 6.54 Å². The van der Waals surface area contributed by atoms with Crippen molar-refractivity contribution in [2.75, 3.05) is 51.7 Å². The van der Waals surface area contributed by atoms with Gasteiger partial charge in [-0.2, -0.15) is 0 Å². The number of amides is 1. The largest absolute Gasteiger partial charge is 0.484 e. The van der Waals surface area contributed by atoms with Gasteiger partial charge in [-0.1, -0.05) is 17.7 Å². The van der Waals surface area contributed by atoms with E-state index in [1.807, 2.05) is 31.2 Å². The molecule has 0 aliphatic carbocycles. The number of Topliss-reactive ketones (excluding diaryl/α,β-unsaturated/α-hetero) is 1. The number of hydrogen-bond acceptors (Lipinski definition) is 5. The standard InChI is InChI=1S/C22H27N3O3/c1-17-3-9-20(10-4-17)28-16-22(27)23-19-7-5-18(6-8-19)21(26)15-25-13-11-24(2)12-14-25/h3-10H,11-16H2,1-2H3,(H,23,27). The highest BCUT2D eigenvalue weighted by molar-refractivity contribution is 5.98. The van der Waals surface area contributed by atoms with Crippen LogP contribution in [0.2, 0.25) is 0 Å². The third kappa shape index (κ3) is 5.90. The maximum atomic E-state index is 12.4. The molecule has 6 heteroatoms. The summed E-state index contributed by atoms with van der Waals surface area (Å²) in [5, 5.41) is 2.78. The molecule has 2 aromatic rings. The van der Waals surface area contributed by atoms with Gasteiger partial charge < -0.3 is 15.0 Å². The number of rotatable bonds is 7. The molecule has 1 heterocycles. The van der Waals surface area contributed by atoms with E-state index in [4.69, 9.17) is 4.74 Å². The fourth-order valence-electron chi connectivity index (χ4n) is 3.02. The van der Waals surface area contributed by atoms with Crippen LogP contribution < -0.4 is 10.1 Å². The van der Waals surface area contributed by atoms with Gasteiger partial charge in [0.2, 0.25) is 0 Å². The average Bonchev–Trinajstić information content (AvgIpc) is 2.70. The molecular weight excluding hydrogens is 354 g/mol. The lowest BCUT2D eigenvalue weighted by Gasteiger charge is -2.31. The smallest absolute Gasteiger partial charge is 0.262 e. The summed E-state index contributed by atoms with van der Waals surface area (Å²) in [6.45, 7) is 6.17. The number of carbonyl (C=O) groups excluding carboxylic acids is 2. The molecule has 1 fully saturated rings. The van der Waals surface area contributed by atoms with Crippen molar-refractivity contribution in [3.8, 4) is 5.75 Å². The second-order valence-electron chi connectivity index (χ2n) is 7.23. The Morgan fingerprint density at radius 2 is 1.61 bits per heavy atom. The number of hydrogen-bond donors (Lipinski definition) is 1. The number of likely N-dealkylation sites (N-methyl/N-ethyl adjacent to an activating group) is 1. The number of ketones is 1. The van der Waals surface area contributed by atoms with Gasteiger partial charge in [-0.05, 0) is 50.4 Å². The van der Waals surface area contributed by atoms with Gasteiger partial charge in [0.15, 0.2) is 12.4 Å². The van der Waals surface area contributed by atoms with Gasteiger partial charge in [-0.15, -0.1) is 0 Å². The highest BCUT2D eigenvalue weighted by Crippen LogP contribution is 2.13. The minimum Gasteiger partial charge on any atom is -0.484 e. The Hall–Kier alpha value is -2.70. The molecule has 1 N–H and O–H groups in total. The summed E-state index contributed by atoms with van der Waals surface area (Å²) in [4.78, 5) is 28.9. The first-order chi connectivity index (χ1) is 13.5.